The molecule has 0 fully saturated rings. The molecule has 0 amide bonds. The highest BCUT2D eigenvalue weighted by atomic mass is 127. The summed E-state index contributed by atoms with van der Waals surface area (Å²) in [5.74, 6) is 1.61. The van der Waals surface area contributed by atoms with Crippen LogP contribution in [0.15, 0.2) is 41.5 Å². The van der Waals surface area contributed by atoms with Crippen molar-refractivity contribution in [1.82, 2.24) is 20.8 Å². The molecular weight excluding hydrogens is 393 g/mol. The molecule has 0 aliphatic carbocycles. The number of aromatic nitrogens is 2. The van der Waals surface area contributed by atoms with E-state index in [4.69, 9.17) is 4.74 Å². The maximum Gasteiger partial charge on any atom is 0.191 e. The van der Waals surface area contributed by atoms with Gasteiger partial charge in [-0.1, -0.05) is 18.2 Å². The summed E-state index contributed by atoms with van der Waals surface area (Å²) in [5.41, 5.74) is 2.07. The molecule has 1 heterocycles. The number of aromatic amines is 1. The predicted molar refractivity (Wildman–Crippen MR) is 98.7 cm³/mol. The van der Waals surface area contributed by atoms with E-state index in [0.29, 0.717) is 13.1 Å². The van der Waals surface area contributed by atoms with Gasteiger partial charge in [0.2, 0.25) is 0 Å². The number of guanidine groups is 1. The van der Waals surface area contributed by atoms with Crippen LogP contribution in [0.3, 0.4) is 0 Å². The minimum atomic E-state index is 0. The summed E-state index contributed by atoms with van der Waals surface area (Å²) in [5, 5.41) is 13.3. The van der Waals surface area contributed by atoms with Crippen molar-refractivity contribution in [3.63, 3.8) is 0 Å². The molecule has 7 heteroatoms. The second-order valence-corrected chi connectivity index (χ2v) is 4.44. The average molecular weight is 415 g/mol. The first-order valence-electron chi connectivity index (χ1n) is 6.95. The summed E-state index contributed by atoms with van der Waals surface area (Å²) in [6.45, 7) is 4.05. The van der Waals surface area contributed by atoms with E-state index >= 15 is 0 Å². The molecule has 1 aromatic heterocycles. The predicted octanol–water partition coefficient (Wildman–Crippen LogP) is 2.29. The van der Waals surface area contributed by atoms with Crippen molar-refractivity contribution < 1.29 is 4.74 Å². The lowest BCUT2D eigenvalue weighted by Gasteiger charge is -2.11. The summed E-state index contributed by atoms with van der Waals surface area (Å²) in [6.07, 6.45) is 1.73. The summed E-state index contributed by atoms with van der Waals surface area (Å²) >= 11 is 0. The Balaban J connectivity index is 0.00000242. The lowest BCUT2D eigenvalue weighted by molar-refractivity contribution is 0.410. The fraction of sp³-hybridized carbons (Fsp3) is 0.333. The minimum Gasteiger partial charge on any atom is -0.496 e. The lowest BCUT2D eigenvalue weighted by atomic mass is 10.2. The Kier molecular flexibility index (Phi) is 8.34. The first kappa shape index (κ1) is 18.3. The van der Waals surface area contributed by atoms with E-state index in [-0.39, 0.29) is 24.0 Å². The Hall–Kier alpha value is -1.77. The summed E-state index contributed by atoms with van der Waals surface area (Å²) < 4.78 is 5.33. The second-order valence-electron chi connectivity index (χ2n) is 4.44. The van der Waals surface area contributed by atoms with Crippen LogP contribution in [0.4, 0.5) is 0 Å². The molecule has 6 nitrogen and oxygen atoms in total. The molecule has 0 aliphatic rings. The largest absolute Gasteiger partial charge is 0.496 e. The van der Waals surface area contributed by atoms with E-state index in [1.807, 2.05) is 37.3 Å². The fourth-order valence-corrected chi connectivity index (χ4v) is 1.90. The Morgan fingerprint density at radius 2 is 2.09 bits per heavy atom. The number of benzene rings is 1. The Morgan fingerprint density at radius 1 is 1.27 bits per heavy atom. The number of H-pyrrole nitrogens is 1. The standard InChI is InChI=1S/C15H21N5O.HI/c1-3-16-15(18-11-13-8-9-19-20-13)17-10-12-6-4-5-7-14(12)21-2;/h4-9H,3,10-11H2,1-2H3,(H,19,20)(H2,16,17,18);1H. The Bertz CT molecular complexity index is 571. The van der Waals surface area contributed by atoms with Gasteiger partial charge in [-0.15, -0.1) is 24.0 Å². The monoisotopic (exact) mass is 415 g/mol. The zero-order chi connectivity index (χ0) is 14.9. The maximum absolute atomic E-state index is 5.33. The van der Waals surface area contributed by atoms with Gasteiger partial charge in [0, 0.05) is 18.3 Å². The molecule has 2 rings (SSSR count). The maximum atomic E-state index is 5.33. The van der Waals surface area contributed by atoms with Crippen LogP contribution in [0.25, 0.3) is 0 Å². The highest BCUT2D eigenvalue weighted by molar-refractivity contribution is 14.0. The van der Waals surface area contributed by atoms with Gasteiger partial charge in [0.15, 0.2) is 5.96 Å². The summed E-state index contributed by atoms with van der Waals surface area (Å²) in [4.78, 5) is 4.57. The zero-order valence-corrected chi connectivity index (χ0v) is 15.1. The number of rotatable bonds is 6. The van der Waals surface area contributed by atoms with Gasteiger partial charge in [0.05, 0.1) is 25.9 Å². The van der Waals surface area contributed by atoms with Crippen LogP contribution in [0.5, 0.6) is 5.75 Å². The third kappa shape index (κ3) is 5.55. The van der Waals surface area contributed by atoms with E-state index in [9.17, 15) is 0 Å². The quantitative estimate of drug-likeness (QED) is 0.385. The van der Waals surface area contributed by atoms with Crippen molar-refractivity contribution in [2.24, 2.45) is 4.99 Å². The van der Waals surface area contributed by atoms with E-state index in [0.717, 1.165) is 29.5 Å². The number of hydrogen-bond acceptors (Lipinski definition) is 3. The van der Waals surface area contributed by atoms with Crippen molar-refractivity contribution in [2.75, 3.05) is 13.7 Å². The van der Waals surface area contributed by atoms with Crippen molar-refractivity contribution in [1.29, 1.82) is 0 Å². The molecule has 3 N–H and O–H groups in total. The molecule has 2 aromatic rings. The van der Waals surface area contributed by atoms with Gasteiger partial charge >= 0.3 is 0 Å². The van der Waals surface area contributed by atoms with Gasteiger partial charge in [-0.2, -0.15) is 5.10 Å². The van der Waals surface area contributed by atoms with Crippen LogP contribution in [0.1, 0.15) is 18.2 Å². The molecule has 0 saturated carbocycles. The third-order valence-electron chi connectivity index (χ3n) is 2.95. The number of para-hydroxylation sites is 1. The molecule has 0 atom stereocenters. The van der Waals surface area contributed by atoms with Gasteiger partial charge in [-0.3, -0.25) is 5.10 Å². The number of ether oxygens (including phenoxy) is 1. The molecule has 22 heavy (non-hydrogen) atoms. The van der Waals surface area contributed by atoms with E-state index in [1.165, 1.54) is 0 Å². The Morgan fingerprint density at radius 3 is 2.77 bits per heavy atom. The number of nitrogens with zero attached hydrogens (tertiary/aromatic N) is 2. The minimum absolute atomic E-state index is 0. The molecule has 0 aliphatic heterocycles. The number of hydrogen-bond donors (Lipinski definition) is 3. The van der Waals surface area contributed by atoms with Crippen molar-refractivity contribution in [3.8, 4) is 5.75 Å². The van der Waals surface area contributed by atoms with Crippen LogP contribution in [0, 0.1) is 0 Å². The van der Waals surface area contributed by atoms with Crippen molar-refractivity contribution in [2.45, 2.75) is 20.0 Å². The lowest BCUT2D eigenvalue weighted by Crippen LogP contribution is -2.36. The zero-order valence-electron chi connectivity index (χ0n) is 12.8. The number of aliphatic imine (C=N–C) groups is 1. The molecule has 0 radical (unpaired) electrons. The van der Waals surface area contributed by atoms with Gasteiger partial charge < -0.3 is 15.4 Å². The molecular formula is C15H22IN5O. The van der Waals surface area contributed by atoms with Crippen LogP contribution < -0.4 is 15.4 Å². The highest BCUT2D eigenvalue weighted by Crippen LogP contribution is 2.17. The van der Waals surface area contributed by atoms with Crippen LogP contribution in [-0.4, -0.2) is 29.8 Å². The van der Waals surface area contributed by atoms with Gasteiger partial charge in [0.25, 0.3) is 0 Å². The van der Waals surface area contributed by atoms with Gasteiger partial charge in [-0.25, -0.2) is 4.99 Å². The van der Waals surface area contributed by atoms with E-state index < -0.39 is 0 Å². The summed E-state index contributed by atoms with van der Waals surface area (Å²) in [7, 11) is 1.67. The van der Waals surface area contributed by atoms with E-state index in [1.54, 1.807) is 13.3 Å². The molecule has 0 bridgehead atoms. The number of nitrogens with one attached hydrogen (secondary N) is 3. The highest BCUT2D eigenvalue weighted by Gasteiger charge is 2.02. The second kappa shape index (κ2) is 10.0. The van der Waals surface area contributed by atoms with Gasteiger partial charge in [-0.05, 0) is 19.1 Å². The van der Waals surface area contributed by atoms with Crippen LogP contribution in [0.2, 0.25) is 0 Å². The molecule has 120 valence electrons. The third-order valence-corrected chi connectivity index (χ3v) is 2.95. The van der Waals surface area contributed by atoms with Gasteiger partial charge in [0.1, 0.15) is 5.75 Å². The molecule has 1 aromatic carbocycles. The number of halogens is 1. The topological polar surface area (TPSA) is 74.3 Å². The Labute approximate surface area is 147 Å². The van der Waals surface area contributed by atoms with E-state index in [2.05, 4.69) is 25.8 Å². The van der Waals surface area contributed by atoms with Crippen molar-refractivity contribution in [3.05, 3.63) is 47.8 Å². The smallest absolute Gasteiger partial charge is 0.191 e. The van der Waals surface area contributed by atoms with Crippen LogP contribution in [-0.2, 0) is 13.1 Å². The first-order chi connectivity index (χ1) is 10.3. The average Bonchev–Trinajstić information content (AvgIpc) is 3.03. The van der Waals surface area contributed by atoms with Crippen molar-refractivity contribution >= 4 is 29.9 Å². The fourth-order valence-electron chi connectivity index (χ4n) is 1.90. The number of methoxy groups -OCH3 is 1. The summed E-state index contributed by atoms with van der Waals surface area (Å²) in [6, 6.07) is 9.82. The molecule has 0 spiro atoms. The molecule has 0 unspecified atom stereocenters. The molecule has 0 saturated heterocycles. The first-order valence-corrected chi connectivity index (χ1v) is 6.95. The normalized spacial score (nSPS) is 10.7. The van der Waals surface area contributed by atoms with Crippen LogP contribution >= 0.6 is 24.0 Å². The SMILES string of the molecule is CCNC(=NCc1ccccc1OC)NCc1ccn[nH]1.I.